The highest BCUT2D eigenvalue weighted by Crippen LogP contribution is 2.20. The SMILES string of the molecule is [NH-]C[C@H](NS(=O)(=O)CC(F)(F)F)C(=O)Nc1ccc(N2CCOCC2=O)cc1. The highest BCUT2D eigenvalue weighted by molar-refractivity contribution is 7.89. The molecule has 1 aromatic carbocycles. The predicted octanol–water partition coefficient (Wildman–Crippen LogP) is 0.891. The van der Waals surface area contributed by atoms with Crippen molar-refractivity contribution in [1.29, 1.82) is 0 Å². The van der Waals surface area contributed by atoms with Crippen molar-refractivity contribution in [1.82, 2.24) is 4.72 Å². The second-order valence-corrected chi connectivity index (χ2v) is 7.64. The van der Waals surface area contributed by atoms with Crippen LogP contribution >= 0.6 is 0 Å². The Labute approximate surface area is 159 Å². The Hall–Kier alpha value is -2.22. The molecule has 2 rings (SSSR count). The Balaban J connectivity index is 2.01. The maximum atomic E-state index is 12.3. The van der Waals surface area contributed by atoms with E-state index in [1.54, 1.807) is 16.9 Å². The maximum Gasteiger partial charge on any atom is 0.404 e. The van der Waals surface area contributed by atoms with Gasteiger partial charge in [0.1, 0.15) is 6.61 Å². The number of alkyl halides is 3. The second kappa shape index (κ2) is 8.86. The lowest BCUT2D eigenvalue weighted by atomic mass is 10.2. The van der Waals surface area contributed by atoms with E-state index < -0.39 is 40.4 Å². The highest BCUT2D eigenvalue weighted by Gasteiger charge is 2.36. The molecule has 2 amide bonds. The smallest absolute Gasteiger partial charge is 0.404 e. The molecule has 1 aliphatic rings. The van der Waals surface area contributed by atoms with Crippen molar-refractivity contribution in [3.05, 3.63) is 30.0 Å². The molecular formula is C15H18F3N4O5S-. The number of benzene rings is 1. The van der Waals surface area contributed by atoms with E-state index in [4.69, 9.17) is 10.5 Å². The minimum Gasteiger partial charge on any atom is -0.676 e. The summed E-state index contributed by atoms with van der Waals surface area (Å²) >= 11 is 0. The number of nitrogens with zero attached hydrogens (tertiary/aromatic N) is 1. The van der Waals surface area contributed by atoms with E-state index in [9.17, 15) is 31.2 Å². The third-order valence-corrected chi connectivity index (χ3v) is 4.98. The van der Waals surface area contributed by atoms with Gasteiger partial charge in [-0.25, -0.2) is 13.1 Å². The third kappa shape index (κ3) is 6.44. The van der Waals surface area contributed by atoms with Crippen LogP contribution in [0.15, 0.2) is 24.3 Å². The van der Waals surface area contributed by atoms with Gasteiger partial charge in [-0.15, -0.1) is 6.54 Å². The number of amides is 2. The van der Waals surface area contributed by atoms with E-state index in [0.717, 1.165) is 0 Å². The van der Waals surface area contributed by atoms with Crippen LogP contribution in [-0.4, -0.2) is 64.5 Å². The lowest BCUT2D eigenvalue weighted by molar-refractivity contribution is -0.125. The summed E-state index contributed by atoms with van der Waals surface area (Å²) in [6.45, 7) is -0.0784. The zero-order valence-electron chi connectivity index (χ0n) is 14.5. The number of ether oxygens (including phenoxy) is 1. The molecule has 0 saturated carbocycles. The van der Waals surface area contributed by atoms with Gasteiger partial charge in [-0.05, 0) is 24.3 Å². The number of sulfonamides is 1. The molecule has 0 radical (unpaired) electrons. The molecule has 0 unspecified atom stereocenters. The summed E-state index contributed by atoms with van der Waals surface area (Å²) in [5.74, 6) is -3.35. The summed E-state index contributed by atoms with van der Waals surface area (Å²) in [6, 6.07) is 4.29. The Morgan fingerprint density at radius 3 is 2.46 bits per heavy atom. The van der Waals surface area contributed by atoms with E-state index in [-0.39, 0.29) is 18.2 Å². The molecule has 1 aromatic rings. The number of morpholine rings is 1. The fourth-order valence-electron chi connectivity index (χ4n) is 2.41. The van der Waals surface area contributed by atoms with Crippen molar-refractivity contribution in [2.45, 2.75) is 12.2 Å². The number of halogens is 3. The molecule has 0 bridgehead atoms. The number of hydrogen-bond acceptors (Lipinski definition) is 5. The summed E-state index contributed by atoms with van der Waals surface area (Å²) in [4.78, 5) is 25.4. The van der Waals surface area contributed by atoms with Crippen LogP contribution in [0.5, 0.6) is 0 Å². The molecule has 0 aliphatic carbocycles. The standard InChI is InChI=1S/C15H18F3N4O5S/c16-15(17,18)9-28(25,26)21-12(7-19)14(24)20-10-1-3-11(4-2-10)22-5-6-27-8-13(22)23/h1-4,12,19,21H,5-9H2,(H,20,24)/q-1/t12-/m0/s1. The minimum absolute atomic E-state index is 0.0399. The van der Waals surface area contributed by atoms with Crippen molar-refractivity contribution < 1.29 is 35.9 Å². The molecule has 9 nitrogen and oxygen atoms in total. The van der Waals surface area contributed by atoms with Crippen LogP contribution < -0.4 is 14.9 Å². The van der Waals surface area contributed by atoms with Crippen molar-refractivity contribution in [2.75, 3.05) is 42.3 Å². The molecule has 156 valence electrons. The molecular weight excluding hydrogens is 405 g/mol. The molecule has 1 aliphatic heterocycles. The topological polar surface area (TPSA) is 129 Å². The molecule has 1 heterocycles. The van der Waals surface area contributed by atoms with E-state index in [1.165, 1.54) is 17.0 Å². The Kier molecular flexibility index (Phi) is 6.98. The average molecular weight is 423 g/mol. The van der Waals surface area contributed by atoms with Crippen molar-refractivity contribution in [3.63, 3.8) is 0 Å². The lowest BCUT2D eigenvalue weighted by Crippen LogP contribution is -2.47. The van der Waals surface area contributed by atoms with Gasteiger partial charge >= 0.3 is 6.18 Å². The van der Waals surface area contributed by atoms with Crippen molar-refractivity contribution >= 4 is 33.2 Å². The van der Waals surface area contributed by atoms with Gasteiger partial charge in [0.25, 0.3) is 5.91 Å². The molecule has 0 aromatic heterocycles. The summed E-state index contributed by atoms with van der Waals surface area (Å²) in [7, 11) is -4.83. The molecule has 1 fully saturated rings. The van der Waals surface area contributed by atoms with Gasteiger partial charge in [0.15, 0.2) is 5.75 Å². The molecule has 3 N–H and O–H groups in total. The number of carbonyl (C=O) groups excluding carboxylic acids is 2. The van der Waals surface area contributed by atoms with Crippen LogP contribution in [0.2, 0.25) is 0 Å². The first kappa shape index (κ1) is 22.1. The van der Waals surface area contributed by atoms with Crippen LogP contribution in [0.1, 0.15) is 0 Å². The van der Waals surface area contributed by atoms with Gasteiger partial charge < -0.3 is 20.7 Å². The van der Waals surface area contributed by atoms with Crippen molar-refractivity contribution in [3.8, 4) is 0 Å². The second-order valence-electron chi connectivity index (χ2n) is 5.88. The van der Waals surface area contributed by atoms with Gasteiger partial charge in [-0.2, -0.15) is 13.2 Å². The fraction of sp³-hybridized carbons (Fsp3) is 0.467. The van der Waals surface area contributed by atoms with Gasteiger partial charge in [0.05, 0.1) is 12.6 Å². The first-order valence-corrected chi connectivity index (χ1v) is 9.66. The summed E-state index contributed by atoms with van der Waals surface area (Å²) in [6.07, 6.45) is -4.97. The van der Waals surface area contributed by atoms with Crippen molar-refractivity contribution in [2.24, 2.45) is 0 Å². The van der Waals surface area contributed by atoms with E-state index in [2.05, 4.69) is 5.32 Å². The van der Waals surface area contributed by atoms with Gasteiger partial charge in [0, 0.05) is 17.9 Å². The van der Waals surface area contributed by atoms with Crippen LogP contribution in [0.3, 0.4) is 0 Å². The monoisotopic (exact) mass is 423 g/mol. The van der Waals surface area contributed by atoms with E-state index >= 15 is 0 Å². The van der Waals surface area contributed by atoms with E-state index in [0.29, 0.717) is 18.8 Å². The first-order valence-electron chi connectivity index (χ1n) is 8.01. The van der Waals surface area contributed by atoms with Gasteiger partial charge in [0.2, 0.25) is 15.9 Å². The number of rotatable bonds is 7. The Bertz CT molecular complexity index is 814. The molecule has 0 spiro atoms. The number of nitrogens with one attached hydrogen (secondary N) is 3. The zero-order chi connectivity index (χ0) is 20.9. The predicted molar refractivity (Wildman–Crippen MR) is 94.2 cm³/mol. The van der Waals surface area contributed by atoms with Crippen LogP contribution in [0.4, 0.5) is 24.5 Å². The van der Waals surface area contributed by atoms with Gasteiger partial charge in [-0.1, -0.05) is 0 Å². The first-order chi connectivity index (χ1) is 13.0. The largest absolute Gasteiger partial charge is 0.676 e. The van der Waals surface area contributed by atoms with Crippen LogP contribution in [0, 0.1) is 0 Å². The Morgan fingerprint density at radius 1 is 1.29 bits per heavy atom. The number of carbonyl (C=O) groups is 2. The molecule has 1 atom stereocenters. The minimum atomic E-state index is -4.97. The summed E-state index contributed by atoms with van der Waals surface area (Å²) in [5.41, 5.74) is 8.02. The third-order valence-electron chi connectivity index (χ3n) is 3.63. The molecule has 1 saturated heterocycles. The van der Waals surface area contributed by atoms with Crippen LogP contribution in [-0.2, 0) is 24.3 Å². The molecule has 13 heteroatoms. The number of hydrogen-bond donors (Lipinski definition) is 2. The number of anilines is 2. The quantitative estimate of drug-likeness (QED) is 0.673. The normalized spacial score (nSPS) is 16.7. The highest BCUT2D eigenvalue weighted by atomic mass is 32.2. The van der Waals surface area contributed by atoms with E-state index in [1.807, 2.05) is 0 Å². The lowest BCUT2D eigenvalue weighted by Gasteiger charge is -2.27. The van der Waals surface area contributed by atoms with Gasteiger partial charge in [-0.3, -0.25) is 9.59 Å². The molecule has 28 heavy (non-hydrogen) atoms. The fourth-order valence-corrected chi connectivity index (χ4v) is 3.54. The zero-order valence-corrected chi connectivity index (χ0v) is 15.3. The summed E-state index contributed by atoms with van der Waals surface area (Å²) < 4.78 is 66.4. The maximum absolute atomic E-state index is 12.3. The summed E-state index contributed by atoms with van der Waals surface area (Å²) in [5, 5.41) is 2.32. The average Bonchev–Trinajstić information content (AvgIpc) is 2.59. The van der Waals surface area contributed by atoms with Crippen LogP contribution in [0.25, 0.3) is 5.73 Å². The Morgan fingerprint density at radius 2 is 1.93 bits per heavy atom.